The van der Waals surface area contributed by atoms with Crippen molar-refractivity contribution in [1.29, 1.82) is 0 Å². The van der Waals surface area contributed by atoms with Crippen molar-refractivity contribution in [1.82, 2.24) is 10.2 Å². The lowest BCUT2D eigenvalue weighted by molar-refractivity contribution is 0.242. The summed E-state index contributed by atoms with van der Waals surface area (Å²) >= 11 is 1.92. The van der Waals surface area contributed by atoms with Crippen molar-refractivity contribution >= 4 is 11.8 Å². The quantitative estimate of drug-likeness (QED) is 0.646. The summed E-state index contributed by atoms with van der Waals surface area (Å²) in [4.78, 5) is 3.86. The average molecular weight is 294 g/mol. The van der Waals surface area contributed by atoms with E-state index in [2.05, 4.69) is 23.2 Å². The van der Waals surface area contributed by atoms with E-state index in [1.54, 1.807) is 0 Å². The molecule has 0 radical (unpaired) electrons. The number of aryl methyl sites for hydroxylation is 1. The van der Waals surface area contributed by atoms with Crippen LogP contribution in [0.15, 0.2) is 11.0 Å². The smallest absolute Gasteiger partial charge is 0.121 e. The number of phenolic OH excluding ortho intramolecular Hbond substituents is 1. The predicted molar refractivity (Wildman–Crippen MR) is 87.0 cm³/mol. The number of phenols is 1. The Morgan fingerprint density at radius 3 is 2.60 bits per heavy atom. The number of benzene rings is 1. The van der Waals surface area contributed by atoms with Gasteiger partial charge in [-0.1, -0.05) is 0 Å². The van der Waals surface area contributed by atoms with Crippen LogP contribution in [0.25, 0.3) is 0 Å². The lowest BCUT2D eigenvalue weighted by Gasteiger charge is -2.27. The van der Waals surface area contributed by atoms with Crippen molar-refractivity contribution in [3.05, 3.63) is 22.8 Å². The van der Waals surface area contributed by atoms with Gasteiger partial charge in [-0.2, -0.15) is 0 Å². The molecule has 1 saturated heterocycles. The second-order valence-corrected chi connectivity index (χ2v) is 6.72. The Balaban J connectivity index is 1.82. The van der Waals surface area contributed by atoms with Crippen LogP contribution in [0.3, 0.4) is 0 Å². The standard InChI is InChI=1S/C16H26N2OS/c1-12-11-15(13(2)14(3)16(12)19)20-10-4-7-18-8-5-17-6-9-18/h11,17,19H,4-10H2,1-3H3. The SMILES string of the molecule is Cc1cc(SCCCN2CCNCC2)c(C)c(C)c1O. The Labute approximate surface area is 126 Å². The van der Waals surface area contributed by atoms with Crippen molar-refractivity contribution < 1.29 is 5.11 Å². The van der Waals surface area contributed by atoms with Gasteiger partial charge in [0.1, 0.15) is 5.75 Å². The maximum absolute atomic E-state index is 9.93. The van der Waals surface area contributed by atoms with Crippen molar-refractivity contribution in [2.75, 3.05) is 38.5 Å². The molecule has 0 atom stereocenters. The summed E-state index contributed by atoms with van der Waals surface area (Å²) in [6, 6.07) is 2.12. The van der Waals surface area contributed by atoms with Gasteiger partial charge in [0.2, 0.25) is 0 Å². The van der Waals surface area contributed by atoms with Crippen molar-refractivity contribution in [3.63, 3.8) is 0 Å². The molecule has 20 heavy (non-hydrogen) atoms. The highest BCUT2D eigenvalue weighted by Gasteiger charge is 2.11. The number of nitrogens with one attached hydrogen (secondary N) is 1. The first-order chi connectivity index (χ1) is 9.59. The number of nitrogens with zero attached hydrogens (tertiary/aromatic N) is 1. The van der Waals surface area contributed by atoms with E-state index in [0.717, 1.165) is 30.0 Å². The molecule has 1 aromatic rings. The third-order valence-corrected chi connectivity index (χ3v) is 5.32. The molecular weight excluding hydrogens is 268 g/mol. The van der Waals surface area contributed by atoms with Crippen molar-refractivity contribution in [2.24, 2.45) is 0 Å². The van der Waals surface area contributed by atoms with Crippen LogP contribution in [0.2, 0.25) is 0 Å². The van der Waals surface area contributed by atoms with E-state index in [9.17, 15) is 5.11 Å². The van der Waals surface area contributed by atoms with Crippen molar-refractivity contribution in [2.45, 2.75) is 32.1 Å². The molecule has 1 heterocycles. The molecule has 0 aliphatic carbocycles. The molecule has 3 nitrogen and oxygen atoms in total. The molecule has 0 bridgehead atoms. The molecule has 0 aromatic heterocycles. The number of rotatable bonds is 5. The van der Waals surface area contributed by atoms with Crippen LogP contribution >= 0.6 is 11.8 Å². The highest BCUT2D eigenvalue weighted by atomic mass is 32.2. The zero-order valence-electron chi connectivity index (χ0n) is 12.8. The minimum absolute atomic E-state index is 0.452. The molecular formula is C16H26N2OS. The fraction of sp³-hybridized carbons (Fsp3) is 0.625. The molecule has 0 spiro atoms. The van der Waals surface area contributed by atoms with E-state index < -0.39 is 0 Å². The molecule has 1 aliphatic heterocycles. The predicted octanol–water partition coefficient (Wildman–Crippen LogP) is 2.70. The van der Waals surface area contributed by atoms with E-state index in [1.807, 2.05) is 25.6 Å². The van der Waals surface area contributed by atoms with Gasteiger partial charge in [0.05, 0.1) is 0 Å². The number of thioether (sulfide) groups is 1. The summed E-state index contributed by atoms with van der Waals surface area (Å²) in [6.45, 7) is 11.9. The monoisotopic (exact) mass is 294 g/mol. The van der Waals surface area contributed by atoms with Gasteiger partial charge in [-0.25, -0.2) is 0 Å². The number of piperazine rings is 1. The topological polar surface area (TPSA) is 35.5 Å². The summed E-state index contributed by atoms with van der Waals surface area (Å²) in [6.07, 6.45) is 1.23. The molecule has 112 valence electrons. The first-order valence-corrected chi connectivity index (χ1v) is 8.44. The lowest BCUT2D eigenvalue weighted by Crippen LogP contribution is -2.43. The van der Waals surface area contributed by atoms with Crippen LogP contribution in [0, 0.1) is 20.8 Å². The molecule has 1 fully saturated rings. The molecule has 0 saturated carbocycles. The van der Waals surface area contributed by atoms with Gasteiger partial charge in [-0.3, -0.25) is 0 Å². The molecule has 0 unspecified atom stereocenters. The zero-order valence-corrected chi connectivity index (χ0v) is 13.6. The van der Waals surface area contributed by atoms with Crippen LogP contribution < -0.4 is 5.32 Å². The number of hydrogen-bond donors (Lipinski definition) is 2. The summed E-state index contributed by atoms with van der Waals surface area (Å²) in [5, 5.41) is 13.3. The second kappa shape index (κ2) is 7.34. The van der Waals surface area contributed by atoms with E-state index >= 15 is 0 Å². The van der Waals surface area contributed by atoms with Gasteiger partial charge in [0, 0.05) is 31.1 Å². The Morgan fingerprint density at radius 2 is 1.90 bits per heavy atom. The molecule has 2 rings (SSSR count). The Kier molecular flexibility index (Phi) is 5.75. The third-order valence-electron chi connectivity index (χ3n) is 4.09. The van der Waals surface area contributed by atoms with E-state index in [1.165, 1.54) is 36.5 Å². The fourth-order valence-corrected chi connectivity index (χ4v) is 3.71. The van der Waals surface area contributed by atoms with Gasteiger partial charge in [0.15, 0.2) is 0 Å². The van der Waals surface area contributed by atoms with Gasteiger partial charge in [-0.05, 0) is 62.2 Å². The molecule has 4 heteroatoms. The average Bonchev–Trinajstić information content (AvgIpc) is 2.47. The maximum atomic E-state index is 9.93. The van der Waals surface area contributed by atoms with E-state index in [0.29, 0.717) is 5.75 Å². The Hall–Kier alpha value is -0.710. The fourth-order valence-electron chi connectivity index (χ4n) is 2.59. The van der Waals surface area contributed by atoms with Gasteiger partial charge in [-0.15, -0.1) is 11.8 Å². The minimum Gasteiger partial charge on any atom is -0.507 e. The largest absolute Gasteiger partial charge is 0.507 e. The minimum atomic E-state index is 0.452. The first kappa shape index (κ1) is 15.7. The first-order valence-electron chi connectivity index (χ1n) is 7.45. The Morgan fingerprint density at radius 1 is 1.20 bits per heavy atom. The maximum Gasteiger partial charge on any atom is 0.121 e. The summed E-state index contributed by atoms with van der Waals surface area (Å²) < 4.78 is 0. The summed E-state index contributed by atoms with van der Waals surface area (Å²) in [5.41, 5.74) is 3.23. The van der Waals surface area contributed by atoms with Crippen LogP contribution in [0.4, 0.5) is 0 Å². The van der Waals surface area contributed by atoms with E-state index in [-0.39, 0.29) is 0 Å². The van der Waals surface area contributed by atoms with Crippen LogP contribution in [-0.2, 0) is 0 Å². The summed E-state index contributed by atoms with van der Waals surface area (Å²) in [7, 11) is 0. The zero-order chi connectivity index (χ0) is 14.5. The molecule has 2 N–H and O–H groups in total. The van der Waals surface area contributed by atoms with Crippen LogP contribution in [0.5, 0.6) is 5.75 Å². The van der Waals surface area contributed by atoms with Gasteiger partial charge < -0.3 is 15.3 Å². The van der Waals surface area contributed by atoms with E-state index in [4.69, 9.17) is 0 Å². The molecule has 0 amide bonds. The van der Waals surface area contributed by atoms with Crippen LogP contribution in [0.1, 0.15) is 23.1 Å². The number of aromatic hydroxyl groups is 1. The second-order valence-electron chi connectivity index (χ2n) is 5.58. The van der Waals surface area contributed by atoms with Crippen molar-refractivity contribution in [3.8, 4) is 5.75 Å². The normalized spacial score (nSPS) is 16.6. The van der Waals surface area contributed by atoms with Gasteiger partial charge in [0.25, 0.3) is 0 Å². The molecule has 1 aliphatic rings. The lowest BCUT2D eigenvalue weighted by atomic mass is 10.1. The third kappa shape index (κ3) is 3.90. The molecule has 1 aromatic carbocycles. The summed E-state index contributed by atoms with van der Waals surface area (Å²) in [5.74, 6) is 1.60. The Bertz CT molecular complexity index is 456. The van der Waals surface area contributed by atoms with Gasteiger partial charge >= 0.3 is 0 Å². The highest BCUT2D eigenvalue weighted by Crippen LogP contribution is 2.33. The number of hydrogen-bond acceptors (Lipinski definition) is 4. The van der Waals surface area contributed by atoms with Crippen LogP contribution in [-0.4, -0.2) is 48.5 Å². The highest BCUT2D eigenvalue weighted by molar-refractivity contribution is 7.99.